The second-order valence-electron chi connectivity index (χ2n) is 8.16. The highest BCUT2D eigenvalue weighted by molar-refractivity contribution is 6.02. The Morgan fingerprint density at radius 2 is 1.36 bits per heavy atom. The summed E-state index contributed by atoms with van der Waals surface area (Å²) in [4.78, 5) is 17.5. The van der Waals surface area contributed by atoms with Crippen LogP contribution in [0.25, 0.3) is 10.9 Å². The first-order valence-corrected chi connectivity index (χ1v) is 11.1. The number of rotatable bonds is 7. The van der Waals surface area contributed by atoms with Crippen molar-refractivity contribution < 1.29 is 9.53 Å². The van der Waals surface area contributed by atoms with E-state index in [1.807, 2.05) is 79.0 Å². The zero-order chi connectivity index (χ0) is 22.6. The molecular formula is C30H25NO2. The summed E-state index contributed by atoms with van der Waals surface area (Å²) < 4.78 is 5.40. The van der Waals surface area contributed by atoms with Crippen LogP contribution in [0.15, 0.2) is 115 Å². The first kappa shape index (κ1) is 20.8. The van der Waals surface area contributed by atoms with Crippen molar-refractivity contribution in [2.24, 2.45) is 0 Å². The standard InChI is InChI=1S/C30H25NO2/c1-33-24-18-16-22(17-19-24)28(26-20-31-27-15-9-8-14-25(26)27)29(21-10-4-2-5-11-21)30(32)23-12-6-3-7-13-23/h2-20,28-29,31H,1H3. The number of fused-ring (bicyclic) bond motifs is 1. The van der Waals surface area contributed by atoms with Crippen molar-refractivity contribution in [1.29, 1.82) is 0 Å². The Labute approximate surface area is 193 Å². The third-order valence-electron chi connectivity index (χ3n) is 6.26. The van der Waals surface area contributed by atoms with Crippen LogP contribution in [0.2, 0.25) is 0 Å². The Bertz CT molecular complexity index is 1360. The van der Waals surface area contributed by atoms with Crippen LogP contribution in [-0.4, -0.2) is 17.9 Å². The van der Waals surface area contributed by atoms with Gasteiger partial charge in [0.25, 0.3) is 0 Å². The Hall–Kier alpha value is -4.11. The molecule has 1 aromatic heterocycles. The predicted octanol–water partition coefficient (Wildman–Crippen LogP) is 6.98. The third kappa shape index (κ3) is 4.06. The highest BCUT2D eigenvalue weighted by atomic mass is 16.5. The molecule has 0 aliphatic heterocycles. The zero-order valence-electron chi connectivity index (χ0n) is 18.4. The van der Waals surface area contributed by atoms with Gasteiger partial charge in [-0.15, -0.1) is 0 Å². The van der Waals surface area contributed by atoms with E-state index in [1.54, 1.807) is 7.11 Å². The Morgan fingerprint density at radius 1 is 0.727 bits per heavy atom. The molecule has 0 bridgehead atoms. The fourth-order valence-corrected chi connectivity index (χ4v) is 4.65. The van der Waals surface area contributed by atoms with Gasteiger partial charge in [0.15, 0.2) is 5.78 Å². The molecule has 4 aromatic carbocycles. The average molecular weight is 432 g/mol. The average Bonchev–Trinajstić information content (AvgIpc) is 3.32. The van der Waals surface area contributed by atoms with E-state index >= 15 is 0 Å². The molecule has 3 nitrogen and oxygen atoms in total. The van der Waals surface area contributed by atoms with Crippen molar-refractivity contribution >= 4 is 16.7 Å². The fourth-order valence-electron chi connectivity index (χ4n) is 4.65. The molecule has 0 fully saturated rings. The van der Waals surface area contributed by atoms with Gasteiger partial charge in [0.05, 0.1) is 13.0 Å². The zero-order valence-corrected chi connectivity index (χ0v) is 18.4. The summed E-state index contributed by atoms with van der Waals surface area (Å²) in [6.45, 7) is 0. The number of hydrogen-bond donors (Lipinski definition) is 1. The Morgan fingerprint density at radius 3 is 2.06 bits per heavy atom. The minimum absolute atomic E-state index is 0.105. The van der Waals surface area contributed by atoms with Crippen LogP contribution in [-0.2, 0) is 0 Å². The predicted molar refractivity (Wildman–Crippen MR) is 133 cm³/mol. The van der Waals surface area contributed by atoms with E-state index in [1.165, 1.54) is 0 Å². The molecule has 2 unspecified atom stereocenters. The van der Waals surface area contributed by atoms with Crippen LogP contribution in [0, 0.1) is 0 Å². The number of methoxy groups -OCH3 is 1. The summed E-state index contributed by atoms with van der Waals surface area (Å²) in [7, 11) is 1.66. The summed E-state index contributed by atoms with van der Waals surface area (Å²) in [6.07, 6.45) is 2.05. The second kappa shape index (κ2) is 9.17. The number of aromatic nitrogens is 1. The summed E-state index contributed by atoms with van der Waals surface area (Å²) in [5, 5.41) is 1.13. The summed E-state index contributed by atoms with van der Waals surface area (Å²) in [5.41, 5.74) is 4.94. The van der Waals surface area contributed by atoms with Gasteiger partial charge < -0.3 is 9.72 Å². The molecule has 0 saturated heterocycles. The van der Waals surface area contributed by atoms with Crippen molar-refractivity contribution in [2.75, 3.05) is 7.11 Å². The van der Waals surface area contributed by atoms with Crippen LogP contribution in [0.5, 0.6) is 5.75 Å². The largest absolute Gasteiger partial charge is 0.497 e. The maximum absolute atomic E-state index is 14.1. The fraction of sp³-hybridized carbons (Fsp3) is 0.100. The van der Waals surface area contributed by atoms with Gasteiger partial charge in [-0.2, -0.15) is 0 Å². The van der Waals surface area contributed by atoms with Crippen molar-refractivity contribution in [2.45, 2.75) is 11.8 Å². The second-order valence-corrected chi connectivity index (χ2v) is 8.16. The van der Waals surface area contributed by atoms with Crippen LogP contribution in [0.3, 0.4) is 0 Å². The number of nitrogens with one attached hydrogen (secondary N) is 1. The van der Waals surface area contributed by atoms with E-state index in [0.29, 0.717) is 5.56 Å². The lowest BCUT2D eigenvalue weighted by atomic mass is 9.73. The Kier molecular flexibility index (Phi) is 5.77. The molecule has 0 radical (unpaired) electrons. The summed E-state index contributed by atoms with van der Waals surface area (Å²) in [5.74, 6) is 0.332. The SMILES string of the molecule is COc1ccc(C(c2c[nH]c3ccccc23)C(C(=O)c2ccccc2)c2ccccc2)cc1. The summed E-state index contributed by atoms with van der Waals surface area (Å²) in [6, 6.07) is 36.0. The normalized spacial score (nSPS) is 12.9. The minimum atomic E-state index is -0.388. The number of ether oxygens (including phenoxy) is 1. The van der Waals surface area contributed by atoms with Crippen LogP contribution < -0.4 is 4.74 Å². The van der Waals surface area contributed by atoms with Gasteiger partial charge in [0, 0.05) is 28.6 Å². The quantitative estimate of drug-likeness (QED) is 0.283. The molecule has 0 aliphatic carbocycles. The number of carbonyl (C=O) groups excluding carboxylic acids is 1. The monoisotopic (exact) mass is 431 g/mol. The lowest BCUT2D eigenvalue weighted by Gasteiger charge is -2.28. The van der Waals surface area contributed by atoms with E-state index in [-0.39, 0.29) is 17.6 Å². The number of carbonyl (C=O) groups is 1. The molecule has 3 heteroatoms. The van der Waals surface area contributed by atoms with E-state index in [2.05, 4.69) is 41.4 Å². The van der Waals surface area contributed by atoms with Crippen molar-refractivity contribution in [3.05, 3.63) is 138 Å². The van der Waals surface area contributed by atoms with Crippen molar-refractivity contribution in [3.63, 3.8) is 0 Å². The van der Waals surface area contributed by atoms with E-state index in [0.717, 1.165) is 33.3 Å². The topological polar surface area (TPSA) is 42.1 Å². The van der Waals surface area contributed by atoms with Gasteiger partial charge in [-0.3, -0.25) is 4.79 Å². The van der Waals surface area contributed by atoms with Gasteiger partial charge in [0.1, 0.15) is 5.75 Å². The molecule has 0 amide bonds. The highest BCUT2D eigenvalue weighted by Gasteiger charge is 2.34. The first-order chi connectivity index (χ1) is 16.3. The molecule has 2 atom stereocenters. The number of Topliss-reactive ketones (excluding diaryl/α,β-unsaturated/α-hetero) is 1. The maximum atomic E-state index is 14.1. The molecule has 162 valence electrons. The lowest BCUT2D eigenvalue weighted by Crippen LogP contribution is -2.22. The number of ketones is 1. The number of aromatic amines is 1. The summed E-state index contributed by atoms with van der Waals surface area (Å²) >= 11 is 0. The van der Waals surface area contributed by atoms with Crippen LogP contribution >= 0.6 is 0 Å². The third-order valence-corrected chi connectivity index (χ3v) is 6.26. The number of benzene rings is 4. The molecule has 1 N–H and O–H groups in total. The molecule has 1 heterocycles. The van der Waals surface area contributed by atoms with E-state index in [4.69, 9.17) is 4.74 Å². The van der Waals surface area contributed by atoms with Gasteiger partial charge in [-0.1, -0.05) is 91.0 Å². The van der Waals surface area contributed by atoms with Crippen LogP contribution in [0.4, 0.5) is 0 Å². The highest BCUT2D eigenvalue weighted by Crippen LogP contribution is 2.43. The molecule has 5 aromatic rings. The number of para-hydroxylation sites is 1. The van der Waals surface area contributed by atoms with Gasteiger partial charge in [0.2, 0.25) is 0 Å². The number of H-pyrrole nitrogens is 1. The first-order valence-electron chi connectivity index (χ1n) is 11.1. The van der Waals surface area contributed by atoms with Gasteiger partial charge in [-0.05, 0) is 34.9 Å². The van der Waals surface area contributed by atoms with Crippen molar-refractivity contribution in [1.82, 2.24) is 4.98 Å². The molecular weight excluding hydrogens is 406 g/mol. The lowest BCUT2D eigenvalue weighted by molar-refractivity contribution is 0.0952. The molecule has 0 aliphatic rings. The molecule has 5 rings (SSSR count). The Balaban J connectivity index is 1.75. The van der Waals surface area contributed by atoms with Gasteiger partial charge >= 0.3 is 0 Å². The van der Waals surface area contributed by atoms with Gasteiger partial charge in [-0.25, -0.2) is 0 Å². The maximum Gasteiger partial charge on any atom is 0.171 e. The van der Waals surface area contributed by atoms with Crippen LogP contribution in [0.1, 0.15) is 38.9 Å². The van der Waals surface area contributed by atoms with Crippen molar-refractivity contribution in [3.8, 4) is 5.75 Å². The van der Waals surface area contributed by atoms with E-state index in [9.17, 15) is 4.79 Å². The number of hydrogen-bond acceptors (Lipinski definition) is 2. The smallest absolute Gasteiger partial charge is 0.171 e. The molecule has 0 saturated carbocycles. The minimum Gasteiger partial charge on any atom is -0.497 e. The van der Waals surface area contributed by atoms with E-state index < -0.39 is 0 Å². The molecule has 0 spiro atoms. The molecule has 33 heavy (non-hydrogen) atoms.